The van der Waals surface area contributed by atoms with E-state index in [9.17, 15) is 13.2 Å². The van der Waals surface area contributed by atoms with Gasteiger partial charge in [-0.25, -0.2) is 8.42 Å². The summed E-state index contributed by atoms with van der Waals surface area (Å²) in [6.45, 7) is 0. The number of carbonyl (C=O) groups excluding carboxylic acids is 1. The molecule has 0 aromatic carbocycles. The van der Waals surface area contributed by atoms with Crippen LogP contribution < -0.4 is 0 Å². The van der Waals surface area contributed by atoms with Crippen LogP contribution in [0, 0.1) is 5.92 Å². The molecule has 1 aliphatic carbocycles. The molecule has 0 spiro atoms. The molecule has 1 unspecified atom stereocenters. The van der Waals surface area contributed by atoms with Gasteiger partial charge in [0.15, 0.2) is 0 Å². The largest absolute Gasteiger partial charge is 0.469 e. The zero-order chi connectivity index (χ0) is 10.8. The predicted octanol–water partition coefficient (Wildman–Crippen LogP) is 1.19. The molecule has 78 valence electrons. The molecule has 0 aromatic rings. The minimum Gasteiger partial charge on any atom is -0.469 e. The van der Waals surface area contributed by atoms with Gasteiger partial charge in [-0.05, 0) is 12.5 Å². The fourth-order valence-corrected chi connectivity index (χ4v) is 1.99. The lowest BCUT2D eigenvalue weighted by molar-refractivity contribution is -0.143. The molecular formula is C8H9ClO4S. The smallest absolute Gasteiger partial charge is 0.312 e. The normalized spacial score (nSPS) is 21.6. The Morgan fingerprint density at radius 3 is 2.64 bits per heavy atom. The van der Waals surface area contributed by atoms with Crippen LogP contribution in [0.25, 0.3) is 0 Å². The fraction of sp³-hybridized carbons (Fsp3) is 0.375. The van der Waals surface area contributed by atoms with E-state index < -0.39 is 15.0 Å². The molecule has 1 aliphatic rings. The summed E-state index contributed by atoms with van der Waals surface area (Å²) in [4.78, 5) is 11.1. The number of hydrogen-bond acceptors (Lipinski definition) is 4. The lowest BCUT2D eigenvalue weighted by Crippen LogP contribution is -2.15. The Morgan fingerprint density at radius 2 is 2.29 bits per heavy atom. The molecule has 0 fully saturated rings. The number of rotatable bonds is 2. The topological polar surface area (TPSA) is 60.4 Å². The molecule has 0 aromatic heterocycles. The summed E-state index contributed by atoms with van der Waals surface area (Å²) >= 11 is 0. The van der Waals surface area contributed by atoms with E-state index in [-0.39, 0.29) is 10.9 Å². The molecular weight excluding hydrogens is 228 g/mol. The van der Waals surface area contributed by atoms with Crippen molar-refractivity contribution in [2.24, 2.45) is 5.92 Å². The van der Waals surface area contributed by atoms with E-state index >= 15 is 0 Å². The van der Waals surface area contributed by atoms with Crippen molar-refractivity contribution in [2.45, 2.75) is 6.42 Å². The third-order valence-corrected chi connectivity index (χ3v) is 3.25. The molecule has 0 aliphatic heterocycles. The summed E-state index contributed by atoms with van der Waals surface area (Å²) < 4.78 is 26.2. The highest BCUT2D eigenvalue weighted by molar-refractivity contribution is 8.17. The third-order valence-electron chi connectivity index (χ3n) is 1.85. The maximum absolute atomic E-state index is 11.0. The molecule has 14 heavy (non-hydrogen) atoms. The summed E-state index contributed by atoms with van der Waals surface area (Å²) in [5.74, 6) is -0.800. The van der Waals surface area contributed by atoms with Gasteiger partial charge in [0.25, 0.3) is 9.05 Å². The van der Waals surface area contributed by atoms with Crippen LogP contribution in [0.1, 0.15) is 6.42 Å². The standard InChI is InChI=1S/C8H9ClO4S/c1-13-8(10)6-2-4-7(5-3-6)14(9,11)12/h2,4-6H,3H2,1H3. The molecule has 0 amide bonds. The van der Waals surface area contributed by atoms with Crippen LogP contribution in [-0.4, -0.2) is 21.5 Å². The van der Waals surface area contributed by atoms with E-state index in [0.29, 0.717) is 6.42 Å². The second kappa shape index (κ2) is 4.14. The first kappa shape index (κ1) is 11.3. The van der Waals surface area contributed by atoms with Crippen molar-refractivity contribution in [2.75, 3.05) is 7.11 Å². The molecule has 6 heteroatoms. The first-order chi connectivity index (χ1) is 6.45. The molecule has 4 nitrogen and oxygen atoms in total. The Morgan fingerprint density at radius 1 is 1.64 bits per heavy atom. The van der Waals surface area contributed by atoms with Crippen LogP contribution in [0.4, 0.5) is 0 Å². The number of ether oxygens (including phenoxy) is 1. The SMILES string of the molecule is COC(=O)C1C=CC(S(=O)(=O)Cl)=CC1. The van der Waals surface area contributed by atoms with Crippen molar-refractivity contribution in [3.8, 4) is 0 Å². The van der Waals surface area contributed by atoms with Crippen LogP contribution in [-0.2, 0) is 18.6 Å². The average Bonchev–Trinajstić information content (AvgIpc) is 2.15. The number of hydrogen-bond donors (Lipinski definition) is 0. The molecule has 0 N–H and O–H groups in total. The molecule has 0 heterocycles. The Kier molecular flexibility index (Phi) is 3.34. The van der Waals surface area contributed by atoms with Crippen LogP contribution >= 0.6 is 10.7 Å². The molecule has 0 radical (unpaired) electrons. The van der Waals surface area contributed by atoms with Gasteiger partial charge in [-0.3, -0.25) is 4.79 Å². The van der Waals surface area contributed by atoms with E-state index in [1.165, 1.54) is 25.3 Å². The van der Waals surface area contributed by atoms with Gasteiger partial charge in [-0.1, -0.05) is 12.2 Å². The highest BCUT2D eigenvalue weighted by atomic mass is 35.7. The van der Waals surface area contributed by atoms with E-state index in [4.69, 9.17) is 10.7 Å². The molecule has 0 bridgehead atoms. The van der Waals surface area contributed by atoms with Crippen molar-refractivity contribution in [3.63, 3.8) is 0 Å². The van der Waals surface area contributed by atoms with Crippen LogP contribution in [0.15, 0.2) is 23.1 Å². The van der Waals surface area contributed by atoms with Gasteiger partial charge in [0.2, 0.25) is 0 Å². The lowest BCUT2D eigenvalue weighted by atomic mass is 10.0. The molecule has 0 saturated carbocycles. The average molecular weight is 237 g/mol. The number of methoxy groups -OCH3 is 1. The zero-order valence-electron chi connectivity index (χ0n) is 7.44. The van der Waals surface area contributed by atoms with E-state index in [2.05, 4.69) is 4.74 Å². The van der Waals surface area contributed by atoms with Crippen LogP contribution in [0.5, 0.6) is 0 Å². The number of allylic oxidation sites excluding steroid dienone is 2. The van der Waals surface area contributed by atoms with Crippen molar-refractivity contribution in [1.82, 2.24) is 0 Å². The number of halogens is 1. The van der Waals surface area contributed by atoms with Gasteiger partial charge in [0, 0.05) is 10.7 Å². The first-order valence-corrected chi connectivity index (χ1v) is 6.17. The quantitative estimate of drug-likeness (QED) is 0.534. The van der Waals surface area contributed by atoms with Crippen molar-refractivity contribution >= 4 is 25.7 Å². The van der Waals surface area contributed by atoms with Gasteiger partial charge < -0.3 is 4.74 Å². The van der Waals surface area contributed by atoms with Gasteiger partial charge in [0.05, 0.1) is 17.9 Å². The molecule has 0 saturated heterocycles. The Hall–Kier alpha value is -0.810. The zero-order valence-corrected chi connectivity index (χ0v) is 9.01. The Balaban J connectivity index is 2.77. The Labute approximate surface area is 86.6 Å². The monoisotopic (exact) mass is 236 g/mol. The van der Waals surface area contributed by atoms with Gasteiger partial charge >= 0.3 is 5.97 Å². The fourth-order valence-electron chi connectivity index (χ4n) is 1.11. The van der Waals surface area contributed by atoms with Crippen LogP contribution in [0.2, 0.25) is 0 Å². The first-order valence-electron chi connectivity index (χ1n) is 3.86. The summed E-state index contributed by atoms with van der Waals surface area (Å²) in [5.41, 5.74) is 0. The predicted molar refractivity (Wildman–Crippen MR) is 52.1 cm³/mol. The summed E-state index contributed by atoms with van der Waals surface area (Å²) in [7, 11) is 2.71. The van der Waals surface area contributed by atoms with Crippen molar-refractivity contribution < 1.29 is 17.9 Å². The van der Waals surface area contributed by atoms with E-state index in [1.807, 2.05) is 0 Å². The van der Waals surface area contributed by atoms with Gasteiger partial charge in [-0.15, -0.1) is 0 Å². The van der Waals surface area contributed by atoms with Gasteiger partial charge in [0.1, 0.15) is 0 Å². The lowest BCUT2D eigenvalue weighted by Gasteiger charge is -2.12. The summed E-state index contributed by atoms with van der Waals surface area (Å²) in [6.07, 6.45) is 4.49. The summed E-state index contributed by atoms with van der Waals surface area (Å²) in [6, 6.07) is 0. The number of carbonyl (C=O) groups is 1. The minimum atomic E-state index is -3.69. The molecule has 1 atom stereocenters. The molecule has 1 rings (SSSR count). The maximum atomic E-state index is 11.0. The summed E-state index contributed by atoms with van der Waals surface area (Å²) in [5, 5.41) is 0. The van der Waals surface area contributed by atoms with E-state index in [0.717, 1.165) is 0 Å². The maximum Gasteiger partial charge on any atom is 0.312 e. The number of esters is 1. The van der Waals surface area contributed by atoms with Gasteiger partial charge in [-0.2, -0.15) is 0 Å². The highest BCUT2D eigenvalue weighted by Crippen LogP contribution is 2.23. The minimum absolute atomic E-state index is 0.0271. The highest BCUT2D eigenvalue weighted by Gasteiger charge is 2.21. The van der Waals surface area contributed by atoms with E-state index in [1.54, 1.807) is 0 Å². The Bertz CT molecular complexity index is 394. The van der Waals surface area contributed by atoms with Crippen molar-refractivity contribution in [1.29, 1.82) is 0 Å². The second-order valence-corrected chi connectivity index (χ2v) is 5.33. The third kappa shape index (κ3) is 2.59. The van der Waals surface area contributed by atoms with Crippen molar-refractivity contribution in [3.05, 3.63) is 23.1 Å². The second-order valence-electron chi connectivity index (χ2n) is 2.77. The van der Waals surface area contributed by atoms with Crippen LogP contribution in [0.3, 0.4) is 0 Å².